The van der Waals surface area contributed by atoms with Crippen LogP contribution in [0.2, 0.25) is 0 Å². The molecule has 0 amide bonds. The Balaban J connectivity index is 1.45. The molecule has 0 N–H and O–H groups in total. The van der Waals surface area contributed by atoms with Crippen molar-refractivity contribution in [2.24, 2.45) is 0 Å². The van der Waals surface area contributed by atoms with Crippen molar-refractivity contribution in [3.05, 3.63) is 157 Å². The molecule has 0 saturated carbocycles. The zero-order valence-corrected chi connectivity index (χ0v) is 24.7. The fourth-order valence-electron chi connectivity index (χ4n) is 6.31. The van der Waals surface area contributed by atoms with Crippen LogP contribution in [0.5, 0.6) is 0 Å². The second kappa shape index (κ2) is 10.8. The monoisotopic (exact) mass is 575 g/mol. The number of hydrogen-bond donors (Lipinski definition) is 0. The largest absolute Gasteiger partial charge is 0.408 e. The van der Waals surface area contributed by atoms with Gasteiger partial charge in [-0.1, -0.05) is 133 Å². The summed E-state index contributed by atoms with van der Waals surface area (Å²) in [6, 6.07) is 51.5. The number of nitrogens with zero attached hydrogens (tertiary/aromatic N) is 1. The SMILES string of the molecule is C[C@H](c1ccccc1)N(Cc1cccc2ccccc12)p1oc2ccc3ccccc3c2c2c(ccc3ccccc32)o1. The van der Waals surface area contributed by atoms with Crippen LogP contribution in [0.4, 0.5) is 0 Å². The molecule has 0 fully saturated rings. The molecule has 43 heavy (non-hydrogen) atoms. The molecule has 0 spiro atoms. The first-order chi connectivity index (χ1) is 21.2. The molecular formula is C39H30NO2P. The summed E-state index contributed by atoms with van der Waals surface area (Å²) in [5.41, 5.74) is 4.17. The standard InChI is InChI=1S/C39H30NO2P/c1-27(28-12-3-2-4-13-28)40(26-32-18-11-17-29-14-5-8-19-33(29)32)43-41-36-24-22-30-15-6-9-20-34(30)38(36)39-35-21-10-7-16-31(35)23-25-37(39)42-43/h2-25,27H,26H2,1H3/t27-/m1/s1. The zero-order valence-electron chi connectivity index (χ0n) is 23.9. The Kier molecular flexibility index (Phi) is 6.48. The molecule has 208 valence electrons. The maximum Gasteiger partial charge on any atom is 0.310 e. The van der Waals surface area contributed by atoms with E-state index in [1.54, 1.807) is 0 Å². The number of fused-ring (bicyclic) bond motifs is 8. The minimum atomic E-state index is -1.55. The van der Waals surface area contributed by atoms with Gasteiger partial charge < -0.3 is 8.39 Å². The zero-order chi connectivity index (χ0) is 28.8. The highest BCUT2D eigenvalue weighted by Crippen LogP contribution is 2.45. The van der Waals surface area contributed by atoms with Crippen molar-refractivity contribution in [1.29, 1.82) is 0 Å². The van der Waals surface area contributed by atoms with Crippen molar-refractivity contribution in [2.75, 3.05) is 4.67 Å². The van der Waals surface area contributed by atoms with E-state index < -0.39 is 8.16 Å². The average Bonchev–Trinajstić information content (AvgIpc) is 3.24. The summed E-state index contributed by atoms with van der Waals surface area (Å²) in [5.74, 6) is 0. The number of benzene rings is 7. The molecule has 0 aliphatic carbocycles. The molecule has 0 unspecified atom stereocenters. The van der Waals surface area contributed by atoms with Crippen molar-refractivity contribution >= 4 is 62.4 Å². The van der Waals surface area contributed by atoms with Crippen molar-refractivity contribution in [1.82, 2.24) is 0 Å². The number of rotatable bonds is 5. The second-order valence-corrected chi connectivity index (χ2v) is 12.4. The van der Waals surface area contributed by atoms with Crippen molar-refractivity contribution in [2.45, 2.75) is 19.5 Å². The van der Waals surface area contributed by atoms with Crippen LogP contribution >= 0.6 is 8.16 Å². The Bertz CT molecular complexity index is 2210. The normalized spacial score (nSPS) is 12.5. The van der Waals surface area contributed by atoms with Crippen molar-refractivity contribution < 1.29 is 8.39 Å². The summed E-state index contributed by atoms with van der Waals surface area (Å²) >= 11 is 0. The van der Waals surface area contributed by atoms with E-state index in [1.807, 2.05) is 0 Å². The lowest BCUT2D eigenvalue weighted by molar-refractivity contribution is 0.594. The quantitative estimate of drug-likeness (QED) is 0.204. The Hall–Kier alpha value is -4.82. The van der Waals surface area contributed by atoms with E-state index in [9.17, 15) is 0 Å². The first kappa shape index (κ1) is 25.9. The van der Waals surface area contributed by atoms with Crippen LogP contribution < -0.4 is 4.67 Å². The second-order valence-electron chi connectivity index (χ2n) is 11.1. The summed E-state index contributed by atoms with van der Waals surface area (Å²) < 4.78 is 16.5. The molecule has 7 aromatic carbocycles. The van der Waals surface area contributed by atoms with Crippen molar-refractivity contribution in [3.63, 3.8) is 0 Å². The highest BCUT2D eigenvalue weighted by Gasteiger charge is 2.24. The average molecular weight is 576 g/mol. The molecule has 1 aromatic heterocycles. The van der Waals surface area contributed by atoms with E-state index in [-0.39, 0.29) is 6.04 Å². The van der Waals surface area contributed by atoms with E-state index in [2.05, 4.69) is 157 Å². The minimum Gasteiger partial charge on any atom is -0.408 e. The maximum absolute atomic E-state index is 7.05. The summed E-state index contributed by atoms with van der Waals surface area (Å²) in [6.07, 6.45) is 0. The summed E-state index contributed by atoms with van der Waals surface area (Å²) in [5, 5.41) is 9.35. The highest BCUT2D eigenvalue weighted by atomic mass is 31.1. The lowest BCUT2D eigenvalue weighted by Gasteiger charge is -2.26. The molecule has 4 heteroatoms. The molecule has 0 aliphatic heterocycles. The third kappa shape index (κ3) is 4.58. The summed E-state index contributed by atoms with van der Waals surface area (Å²) in [6.45, 7) is 2.93. The van der Waals surface area contributed by atoms with Gasteiger partial charge in [-0.3, -0.25) is 0 Å². The van der Waals surface area contributed by atoms with Crippen LogP contribution in [-0.2, 0) is 6.54 Å². The first-order valence-electron chi connectivity index (χ1n) is 14.7. The topological polar surface area (TPSA) is 29.5 Å². The molecule has 3 nitrogen and oxygen atoms in total. The highest BCUT2D eigenvalue weighted by molar-refractivity contribution is 7.38. The predicted octanol–water partition coefficient (Wildman–Crippen LogP) is 11.6. The Morgan fingerprint density at radius 1 is 0.512 bits per heavy atom. The van der Waals surface area contributed by atoms with Gasteiger partial charge in [0.15, 0.2) is 0 Å². The molecule has 0 saturated heterocycles. The third-order valence-corrected chi connectivity index (χ3v) is 10.1. The lowest BCUT2D eigenvalue weighted by Crippen LogP contribution is -2.23. The molecule has 1 heterocycles. The van der Waals surface area contributed by atoms with E-state index in [0.717, 1.165) is 32.7 Å². The molecule has 0 aliphatic rings. The molecule has 0 bridgehead atoms. The molecule has 0 radical (unpaired) electrons. The van der Waals surface area contributed by atoms with Crippen LogP contribution in [-0.4, -0.2) is 0 Å². The molecule has 1 atom stereocenters. The fraction of sp³-hybridized carbons (Fsp3) is 0.0769. The van der Waals surface area contributed by atoms with Gasteiger partial charge in [-0.2, -0.15) is 4.67 Å². The van der Waals surface area contributed by atoms with E-state index >= 15 is 0 Å². The van der Waals surface area contributed by atoms with Crippen LogP contribution in [0.3, 0.4) is 0 Å². The lowest BCUT2D eigenvalue weighted by atomic mass is 9.99. The first-order valence-corrected chi connectivity index (χ1v) is 15.9. The summed E-state index contributed by atoms with van der Waals surface area (Å²) in [7, 11) is -1.55. The van der Waals surface area contributed by atoms with Crippen LogP contribution in [0.25, 0.3) is 54.3 Å². The molecule has 8 rings (SSSR count). The van der Waals surface area contributed by atoms with Gasteiger partial charge in [-0.25, -0.2) is 0 Å². The Labute approximate surface area is 251 Å². The van der Waals surface area contributed by atoms with Gasteiger partial charge in [0, 0.05) is 23.4 Å². The van der Waals surface area contributed by atoms with E-state index in [4.69, 9.17) is 8.39 Å². The predicted molar refractivity (Wildman–Crippen MR) is 182 cm³/mol. The Morgan fingerprint density at radius 3 is 1.60 bits per heavy atom. The maximum atomic E-state index is 7.05. The smallest absolute Gasteiger partial charge is 0.310 e. The van der Waals surface area contributed by atoms with Gasteiger partial charge in [0.25, 0.3) is 0 Å². The van der Waals surface area contributed by atoms with Gasteiger partial charge in [0.05, 0.1) is 0 Å². The van der Waals surface area contributed by atoms with Gasteiger partial charge in [-0.05, 0) is 62.5 Å². The van der Waals surface area contributed by atoms with Crippen LogP contribution in [0, 0.1) is 0 Å². The van der Waals surface area contributed by atoms with Crippen LogP contribution in [0.1, 0.15) is 24.1 Å². The van der Waals surface area contributed by atoms with Crippen LogP contribution in [0.15, 0.2) is 154 Å². The molecule has 8 aromatic rings. The van der Waals surface area contributed by atoms with Gasteiger partial charge in [0.1, 0.15) is 11.2 Å². The summed E-state index contributed by atoms with van der Waals surface area (Å²) in [4.78, 5) is 0. The van der Waals surface area contributed by atoms with Gasteiger partial charge >= 0.3 is 8.16 Å². The third-order valence-electron chi connectivity index (χ3n) is 8.54. The Morgan fingerprint density at radius 2 is 1.00 bits per heavy atom. The van der Waals surface area contributed by atoms with Gasteiger partial charge in [0.2, 0.25) is 0 Å². The fourth-order valence-corrected chi connectivity index (χ4v) is 7.88. The molecular weight excluding hydrogens is 545 g/mol. The van der Waals surface area contributed by atoms with Crippen molar-refractivity contribution in [3.8, 4) is 0 Å². The minimum absolute atomic E-state index is 0.0391. The number of hydrogen-bond acceptors (Lipinski definition) is 3. The van der Waals surface area contributed by atoms with E-state index in [1.165, 1.54) is 32.7 Å². The van der Waals surface area contributed by atoms with Gasteiger partial charge in [-0.15, -0.1) is 0 Å². The van der Waals surface area contributed by atoms with E-state index in [0.29, 0.717) is 6.54 Å².